The van der Waals surface area contributed by atoms with Crippen LogP contribution in [0.5, 0.6) is 0 Å². The van der Waals surface area contributed by atoms with Gasteiger partial charge in [0.15, 0.2) is 5.69 Å². The largest absolute Gasteiger partial charge is 0.328 e. The number of anilines is 1. The van der Waals surface area contributed by atoms with Crippen molar-refractivity contribution in [2.75, 3.05) is 4.90 Å². The molecule has 0 saturated heterocycles. The smallest absolute Gasteiger partial charge is 0.300 e. The molecule has 7 nitrogen and oxygen atoms in total. The Kier molecular flexibility index (Phi) is 5.13. The van der Waals surface area contributed by atoms with E-state index in [-0.39, 0.29) is 5.69 Å². The lowest BCUT2D eigenvalue weighted by Gasteiger charge is -2.29. The molecule has 0 fully saturated rings. The summed E-state index contributed by atoms with van der Waals surface area (Å²) in [5.74, 6) is 0. The predicted molar refractivity (Wildman–Crippen MR) is 77.6 cm³/mol. The Labute approximate surface area is 125 Å². The zero-order chi connectivity index (χ0) is 15.6. The van der Waals surface area contributed by atoms with Crippen LogP contribution >= 0.6 is 23.2 Å². The van der Waals surface area contributed by atoms with Gasteiger partial charge in [0, 0.05) is 12.1 Å². The highest BCUT2D eigenvalue weighted by molar-refractivity contribution is 6.25. The monoisotopic (exact) mass is 321 g/mol. The summed E-state index contributed by atoms with van der Waals surface area (Å²) in [7, 11) is 0. The second-order valence-corrected chi connectivity index (χ2v) is 5.48. The quantitative estimate of drug-likeness (QED) is 0.356. The maximum atomic E-state index is 11.2. The van der Waals surface area contributed by atoms with Gasteiger partial charge in [-0.25, -0.2) is 0 Å². The highest BCUT2D eigenvalue weighted by atomic mass is 35.5. The van der Waals surface area contributed by atoms with E-state index in [0.717, 1.165) is 0 Å². The highest BCUT2D eigenvalue weighted by Crippen LogP contribution is 2.41. The number of nitrogens with zero attached hydrogens (tertiary/aromatic N) is 3. The number of hydrogen-bond acceptors (Lipinski definition) is 5. The standard InChI is InChI=1S/C11H13Cl2N3O4/c1-6-4-9(15(17)18)11(10(5-6)16(19)20)14(7(2)12)8(3)13/h4-5,7-8H,1-3H3. The maximum Gasteiger partial charge on any atom is 0.300 e. The summed E-state index contributed by atoms with van der Waals surface area (Å²) < 4.78 is 0. The van der Waals surface area contributed by atoms with Crippen LogP contribution in [0.3, 0.4) is 0 Å². The molecule has 0 spiro atoms. The van der Waals surface area contributed by atoms with Crippen LogP contribution in [-0.4, -0.2) is 20.8 Å². The highest BCUT2D eigenvalue weighted by Gasteiger charge is 2.34. The normalized spacial score (nSPS) is 13.7. The third-order valence-electron chi connectivity index (χ3n) is 2.63. The molecule has 0 aromatic heterocycles. The lowest BCUT2D eigenvalue weighted by Crippen LogP contribution is -2.35. The third kappa shape index (κ3) is 3.29. The number of benzene rings is 1. The summed E-state index contributed by atoms with van der Waals surface area (Å²) >= 11 is 11.9. The zero-order valence-electron chi connectivity index (χ0n) is 11.0. The van der Waals surface area contributed by atoms with Crippen molar-refractivity contribution in [3.05, 3.63) is 37.9 Å². The van der Waals surface area contributed by atoms with Crippen molar-refractivity contribution in [2.45, 2.75) is 31.8 Å². The van der Waals surface area contributed by atoms with Crippen molar-refractivity contribution in [2.24, 2.45) is 0 Å². The molecular formula is C11H13Cl2N3O4. The van der Waals surface area contributed by atoms with Crippen molar-refractivity contribution in [3.63, 3.8) is 0 Å². The first-order chi connectivity index (χ1) is 9.16. The Morgan fingerprint density at radius 3 is 1.65 bits per heavy atom. The predicted octanol–water partition coefficient (Wildman–Crippen LogP) is 3.79. The van der Waals surface area contributed by atoms with Crippen molar-refractivity contribution < 1.29 is 9.85 Å². The van der Waals surface area contributed by atoms with Gasteiger partial charge in [0.25, 0.3) is 11.4 Å². The molecule has 1 rings (SSSR count). The van der Waals surface area contributed by atoms with Gasteiger partial charge in [-0.3, -0.25) is 20.2 Å². The molecule has 20 heavy (non-hydrogen) atoms. The van der Waals surface area contributed by atoms with E-state index in [1.54, 1.807) is 6.92 Å². The van der Waals surface area contributed by atoms with E-state index in [9.17, 15) is 20.2 Å². The molecule has 0 amide bonds. The Bertz CT molecular complexity index is 505. The Morgan fingerprint density at radius 1 is 1.05 bits per heavy atom. The van der Waals surface area contributed by atoms with Gasteiger partial charge in [-0.2, -0.15) is 0 Å². The van der Waals surface area contributed by atoms with Gasteiger partial charge in [-0.15, -0.1) is 0 Å². The summed E-state index contributed by atoms with van der Waals surface area (Å²) in [6.07, 6.45) is 0. The number of aryl methyl sites for hydroxylation is 1. The molecule has 0 aliphatic carbocycles. The summed E-state index contributed by atoms with van der Waals surface area (Å²) in [5, 5.41) is 22.3. The molecule has 2 atom stereocenters. The number of hydrogen-bond donors (Lipinski definition) is 0. The molecule has 0 aliphatic rings. The van der Waals surface area contributed by atoms with Gasteiger partial charge in [0.05, 0.1) is 9.85 Å². The molecule has 0 bridgehead atoms. The average Bonchev–Trinajstić information content (AvgIpc) is 2.29. The van der Waals surface area contributed by atoms with Crippen molar-refractivity contribution in [3.8, 4) is 0 Å². The molecule has 0 radical (unpaired) electrons. The first-order valence-electron chi connectivity index (χ1n) is 5.66. The van der Waals surface area contributed by atoms with Crippen molar-refractivity contribution in [1.82, 2.24) is 0 Å². The fourth-order valence-electron chi connectivity index (χ4n) is 1.92. The van der Waals surface area contributed by atoms with Crippen LogP contribution in [0.2, 0.25) is 0 Å². The first-order valence-corrected chi connectivity index (χ1v) is 6.54. The molecule has 0 heterocycles. The number of rotatable bonds is 5. The topological polar surface area (TPSA) is 89.5 Å². The molecule has 1 aromatic carbocycles. The number of halogens is 2. The van der Waals surface area contributed by atoms with Gasteiger partial charge in [0.1, 0.15) is 11.0 Å². The van der Waals surface area contributed by atoms with Crippen LogP contribution in [0.4, 0.5) is 17.1 Å². The third-order valence-corrected chi connectivity index (χ3v) is 3.05. The minimum Gasteiger partial charge on any atom is -0.328 e. The molecule has 110 valence electrons. The van der Waals surface area contributed by atoms with Gasteiger partial charge < -0.3 is 4.90 Å². The van der Waals surface area contributed by atoms with Crippen LogP contribution in [0.15, 0.2) is 12.1 Å². The molecule has 1 aromatic rings. The number of nitro benzene ring substituents is 2. The Hall–Kier alpha value is -1.60. The number of nitro groups is 2. The Balaban J connectivity index is 3.71. The van der Waals surface area contributed by atoms with E-state index >= 15 is 0 Å². The van der Waals surface area contributed by atoms with Crippen LogP contribution in [0, 0.1) is 27.2 Å². The molecular weight excluding hydrogens is 309 g/mol. The van der Waals surface area contributed by atoms with E-state index in [2.05, 4.69) is 0 Å². The first kappa shape index (κ1) is 16.5. The average molecular weight is 322 g/mol. The van der Waals surface area contributed by atoms with Crippen LogP contribution in [-0.2, 0) is 0 Å². The molecule has 2 unspecified atom stereocenters. The minimum absolute atomic E-state index is 0.185. The van der Waals surface area contributed by atoms with E-state index in [1.807, 2.05) is 0 Å². The van der Waals surface area contributed by atoms with Crippen molar-refractivity contribution >= 4 is 40.3 Å². The SMILES string of the molecule is Cc1cc([N+](=O)[O-])c(N(C(C)Cl)C(C)Cl)c([N+](=O)[O-])c1. The molecule has 0 saturated carbocycles. The summed E-state index contributed by atoms with van der Waals surface area (Å²) in [4.78, 5) is 22.2. The van der Waals surface area contributed by atoms with Gasteiger partial charge in [-0.05, 0) is 26.3 Å². The lowest BCUT2D eigenvalue weighted by molar-refractivity contribution is -0.392. The van der Waals surface area contributed by atoms with Crippen LogP contribution in [0.25, 0.3) is 0 Å². The summed E-state index contributed by atoms with van der Waals surface area (Å²) in [6.45, 7) is 4.61. The Morgan fingerprint density at radius 2 is 1.40 bits per heavy atom. The summed E-state index contributed by atoms with van der Waals surface area (Å²) in [6, 6.07) is 2.52. The van der Waals surface area contributed by atoms with Crippen LogP contribution in [0.1, 0.15) is 19.4 Å². The van der Waals surface area contributed by atoms with Gasteiger partial charge >= 0.3 is 0 Å². The van der Waals surface area contributed by atoms with E-state index in [0.29, 0.717) is 5.56 Å². The fourth-order valence-corrected chi connectivity index (χ4v) is 2.51. The fraction of sp³-hybridized carbons (Fsp3) is 0.455. The maximum absolute atomic E-state index is 11.2. The second kappa shape index (κ2) is 6.23. The zero-order valence-corrected chi connectivity index (χ0v) is 12.6. The number of alkyl halides is 2. The van der Waals surface area contributed by atoms with Crippen LogP contribution < -0.4 is 4.90 Å². The van der Waals surface area contributed by atoms with E-state index in [4.69, 9.17) is 23.2 Å². The molecule has 0 aliphatic heterocycles. The van der Waals surface area contributed by atoms with E-state index in [1.165, 1.54) is 30.9 Å². The summed E-state index contributed by atoms with van der Waals surface area (Å²) in [5.41, 5.74) is -2.05. The van der Waals surface area contributed by atoms with E-state index < -0.39 is 32.2 Å². The minimum atomic E-state index is -0.748. The molecule has 0 N–H and O–H groups in total. The lowest BCUT2D eigenvalue weighted by atomic mass is 10.1. The van der Waals surface area contributed by atoms with Gasteiger partial charge in [-0.1, -0.05) is 23.2 Å². The van der Waals surface area contributed by atoms with Crippen molar-refractivity contribution in [1.29, 1.82) is 0 Å². The van der Waals surface area contributed by atoms with Gasteiger partial charge in [0.2, 0.25) is 0 Å². The second-order valence-electron chi connectivity index (χ2n) is 4.22. The molecule has 9 heteroatoms.